The highest BCUT2D eigenvalue weighted by Crippen LogP contribution is 2.18. The Kier molecular flexibility index (Phi) is 3.09. The standard InChI is InChI=1S/C11H13N3O/c1-2-12-7-9-3-4-11(15-9)10-8-13-5-6-14-10/h3-6,8,12H,2,7H2,1H3. The lowest BCUT2D eigenvalue weighted by molar-refractivity contribution is 0.497. The van der Waals surface area contributed by atoms with Crippen LogP contribution in [0.3, 0.4) is 0 Å². The maximum atomic E-state index is 5.61. The summed E-state index contributed by atoms with van der Waals surface area (Å²) in [6.45, 7) is 3.74. The van der Waals surface area contributed by atoms with Gasteiger partial charge in [-0.1, -0.05) is 6.92 Å². The molecule has 15 heavy (non-hydrogen) atoms. The highest BCUT2D eigenvalue weighted by Gasteiger charge is 2.04. The third kappa shape index (κ3) is 2.41. The summed E-state index contributed by atoms with van der Waals surface area (Å²) in [7, 11) is 0. The maximum absolute atomic E-state index is 5.61. The van der Waals surface area contributed by atoms with Gasteiger partial charge in [-0.25, -0.2) is 4.98 Å². The van der Waals surface area contributed by atoms with Crippen molar-refractivity contribution in [2.24, 2.45) is 0 Å². The predicted molar refractivity (Wildman–Crippen MR) is 57.1 cm³/mol. The summed E-state index contributed by atoms with van der Waals surface area (Å²) >= 11 is 0. The Hall–Kier alpha value is -1.68. The molecule has 2 aromatic rings. The zero-order valence-corrected chi connectivity index (χ0v) is 8.60. The number of hydrogen-bond acceptors (Lipinski definition) is 4. The second-order valence-corrected chi connectivity index (χ2v) is 3.14. The van der Waals surface area contributed by atoms with Crippen LogP contribution in [0.2, 0.25) is 0 Å². The van der Waals surface area contributed by atoms with E-state index in [4.69, 9.17) is 4.42 Å². The molecule has 0 amide bonds. The topological polar surface area (TPSA) is 51.0 Å². The molecule has 0 saturated carbocycles. The van der Waals surface area contributed by atoms with Crippen molar-refractivity contribution in [1.82, 2.24) is 15.3 Å². The van der Waals surface area contributed by atoms with Gasteiger partial charge in [0.2, 0.25) is 0 Å². The van der Waals surface area contributed by atoms with E-state index in [1.807, 2.05) is 12.1 Å². The molecule has 0 atom stereocenters. The molecule has 4 heteroatoms. The van der Waals surface area contributed by atoms with Crippen molar-refractivity contribution >= 4 is 0 Å². The van der Waals surface area contributed by atoms with Gasteiger partial charge in [-0.15, -0.1) is 0 Å². The molecule has 2 heterocycles. The smallest absolute Gasteiger partial charge is 0.154 e. The lowest BCUT2D eigenvalue weighted by atomic mass is 10.3. The Morgan fingerprint density at radius 2 is 2.27 bits per heavy atom. The van der Waals surface area contributed by atoms with Crippen molar-refractivity contribution in [3.05, 3.63) is 36.5 Å². The summed E-state index contributed by atoms with van der Waals surface area (Å²) in [4.78, 5) is 8.16. The van der Waals surface area contributed by atoms with E-state index in [0.717, 1.165) is 30.3 Å². The molecule has 0 saturated heterocycles. The fraction of sp³-hybridized carbons (Fsp3) is 0.273. The van der Waals surface area contributed by atoms with Crippen molar-refractivity contribution in [3.63, 3.8) is 0 Å². The van der Waals surface area contributed by atoms with E-state index < -0.39 is 0 Å². The zero-order valence-electron chi connectivity index (χ0n) is 8.60. The number of hydrogen-bond donors (Lipinski definition) is 1. The third-order valence-corrected chi connectivity index (χ3v) is 2.03. The number of nitrogens with one attached hydrogen (secondary N) is 1. The molecule has 2 aromatic heterocycles. The van der Waals surface area contributed by atoms with Crippen LogP contribution in [-0.2, 0) is 6.54 Å². The molecule has 0 spiro atoms. The molecule has 0 aliphatic carbocycles. The average molecular weight is 203 g/mol. The van der Waals surface area contributed by atoms with Crippen LogP contribution in [0.1, 0.15) is 12.7 Å². The van der Waals surface area contributed by atoms with Gasteiger partial charge in [0.25, 0.3) is 0 Å². The number of furan rings is 1. The molecule has 0 fully saturated rings. The van der Waals surface area contributed by atoms with Gasteiger partial charge in [0.05, 0.1) is 12.7 Å². The molecular weight excluding hydrogens is 190 g/mol. The van der Waals surface area contributed by atoms with Crippen LogP contribution >= 0.6 is 0 Å². The Balaban J connectivity index is 2.14. The number of nitrogens with zero attached hydrogens (tertiary/aromatic N) is 2. The highest BCUT2D eigenvalue weighted by molar-refractivity contribution is 5.50. The summed E-state index contributed by atoms with van der Waals surface area (Å²) in [6.07, 6.45) is 4.99. The van der Waals surface area contributed by atoms with Gasteiger partial charge in [-0.2, -0.15) is 0 Å². The van der Waals surface area contributed by atoms with Crippen molar-refractivity contribution in [2.75, 3.05) is 6.54 Å². The monoisotopic (exact) mass is 203 g/mol. The predicted octanol–water partition coefficient (Wildman–Crippen LogP) is 1.85. The molecule has 0 unspecified atom stereocenters. The van der Waals surface area contributed by atoms with Gasteiger partial charge in [0.15, 0.2) is 5.76 Å². The van der Waals surface area contributed by atoms with Crippen molar-refractivity contribution in [3.8, 4) is 11.5 Å². The fourth-order valence-electron chi connectivity index (χ4n) is 1.29. The van der Waals surface area contributed by atoms with E-state index in [0.29, 0.717) is 0 Å². The Morgan fingerprint density at radius 3 is 3.00 bits per heavy atom. The average Bonchev–Trinajstić information content (AvgIpc) is 2.76. The Labute approximate surface area is 88.4 Å². The van der Waals surface area contributed by atoms with Crippen molar-refractivity contribution in [1.29, 1.82) is 0 Å². The fourth-order valence-corrected chi connectivity index (χ4v) is 1.29. The lowest BCUT2D eigenvalue weighted by Crippen LogP contribution is -2.10. The molecular formula is C11H13N3O. The number of aromatic nitrogens is 2. The first-order valence-electron chi connectivity index (χ1n) is 4.96. The Bertz CT molecular complexity index is 411. The first kappa shape index (κ1) is 9.86. The summed E-state index contributed by atoms with van der Waals surface area (Å²) in [6, 6.07) is 3.86. The van der Waals surface area contributed by atoms with Crippen LogP contribution in [0.15, 0.2) is 35.1 Å². The quantitative estimate of drug-likeness (QED) is 0.823. The SMILES string of the molecule is CCNCc1ccc(-c2cnccn2)o1. The van der Waals surface area contributed by atoms with Crippen LogP contribution < -0.4 is 5.32 Å². The molecule has 2 rings (SSSR count). The minimum Gasteiger partial charge on any atom is -0.458 e. The zero-order chi connectivity index (χ0) is 10.5. The van der Waals surface area contributed by atoms with Gasteiger partial charge in [0.1, 0.15) is 11.5 Å². The Morgan fingerprint density at radius 1 is 1.33 bits per heavy atom. The van der Waals surface area contributed by atoms with Crippen LogP contribution in [0.25, 0.3) is 11.5 Å². The third-order valence-electron chi connectivity index (χ3n) is 2.03. The van der Waals surface area contributed by atoms with E-state index in [-0.39, 0.29) is 0 Å². The second kappa shape index (κ2) is 4.70. The van der Waals surface area contributed by atoms with Gasteiger partial charge in [-0.3, -0.25) is 4.98 Å². The minimum atomic E-state index is 0.747. The first-order valence-corrected chi connectivity index (χ1v) is 4.96. The van der Waals surface area contributed by atoms with Crippen molar-refractivity contribution in [2.45, 2.75) is 13.5 Å². The second-order valence-electron chi connectivity index (χ2n) is 3.14. The van der Waals surface area contributed by atoms with E-state index in [1.54, 1.807) is 18.6 Å². The molecule has 0 radical (unpaired) electrons. The minimum absolute atomic E-state index is 0.747. The summed E-state index contributed by atoms with van der Waals surface area (Å²) in [5.74, 6) is 1.67. The van der Waals surface area contributed by atoms with E-state index >= 15 is 0 Å². The summed E-state index contributed by atoms with van der Waals surface area (Å²) in [5.41, 5.74) is 0.764. The highest BCUT2D eigenvalue weighted by atomic mass is 16.3. The van der Waals surface area contributed by atoms with Gasteiger partial charge < -0.3 is 9.73 Å². The lowest BCUT2D eigenvalue weighted by Gasteiger charge is -1.97. The first-order chi connectivity index (χ1) is 7.40. The molecule has 0 aliphatic rings. The maximum Gasteiger partial charge on any atom is 0.154 e. The molecule has 1 N–H and O–H groups in total. The van der Waals surface area contributed by atoms with Gasteiger partial charge in [-0.05, 0) is 18.7 Å². The summed E-state index contributed by atoms with van der Waals surface area (Å²) < 4.78 is 5.61. The van der Waals surface area contributed by atoms with Crippen LogP contribution in [0.4, 0.5) is 0 Å². The molecule has 4 nitrogen and oxygen atoms in total. The van der Waals surface area contributed by atoms with Crippen LogP contribution in [0, 0.1) is 0 Å². The molecule has 78 valence electrons. The summed E-state index contributed by atoms with van der Waals surface area (Å²) in [5, 5.41) is 3.20. The van der Waals surface area contributed by atoms with Gasteiger partial charge >= 0.3 is 0 Å². The van der Waals surface area contributed by atoms with E-state index in [1.165, 1.54) is 0 Å². The molecule has 0 aliphatic heterocycles. The molecule has 0 bridgehead atoms. The number of rotatable bonds is 4. The van der Waals surface area contributed by atoms with Crippen LogP contribution in [0.5, 0.6) is 0 Å². The largest absolute Gasteiger partial charge is 0.458 e. The van der Waals surface area contributed by atoms with E-state index in [2.05, 4.69) is 22.2 Å². The van der Waals surface area contributed by atoms with Gasteiger partial charge in [0, 0.05) is 12.4 Å². The normalized spacial score (nSPS) is 10.5. The van der Waals surface area contributed by atoms with Crippen LogP contribution in [-0.4, -0.2) is 16.5 Å². The van der Waals surface area contributed by atoms with E-state index in [9.17, 15) is 0 Å². The van der Waals surface area contributed by atoms with Crippen molar-refractivity contribution < 1.29 is 4.42 Å². The molecule has 0 aromatic carbocycles.